The number of fused-ring (bicyclic) bond motifs is 1. The first-order valence-corrected chi connectivity index (χ1v) is 9.90. The van der Waals surface area contributed by atoms with Gasteiger partial charge in [-0.3, -0.25) is 9.78 Å². The van der Waals surface area contributed by atoms with Crippen LogP contribution in [0.3, 0.4) is 0 Å². The smallest absolute Gasteiger partial charge is 0.309 e. The van der Waals surface area contributed by atoms with Crippen molar-refractivity contribution in [2.45, 2.75) is 31.8 Å². The van der Waals surface area contributed by atoms with Crippen molar-refractivity contribution in [2.24, 2.45) is 0 Å². The second-order valence-corrected chi connectivity index (χ2v) is 7.84. The van der Waals surface area contributed by atoms with Crippen LogP contribution in [0.25, 0.3) is 22.4 Å². The fourth-order valence-corrected chi connectivity index (χ4v) is 3.73. The SMILES string of the molecule is O=C(O)Cc1cn(Cc2ccc(-c3nc4cc(Cl)c(F)cc4n3C3CC3)cn2)cn1. The Labute approximate surface area is 175 Å². The van der Waals surface area contributed by atoms with Gasteiger partial charge in [0.15, 0.2) is 0 Å². The van der Waals surface area contributed by atoms with Crippen LogP contribution in [-0.2, 0) is 17.8 Å². The molecule has 7 nitrogen and oxygen atoms in total. The van der Waals surface area contributed by atoms with Crippen LogP contribution in [0.4, 0.5) is 4.39 Å². The molecule has 0 spiro atoms. The van der Waals surface area contributed by atoms with Crippen molar-refractivity contribution < 1.29 is 14.3 Å². The first kappa shape index (κ1) is 18.7. The molecule has 30 heavy (non-hydrogen) atoms. The van der Waals surface area contributed by atoms with E-state index in [-0.39, 0.29) is 11.4 Å². The van der Waals surface area contributed by atoms with E-state index in [1.54, 1.807) is 29.4 Å². The lowest BCUT2D eigenvalue weighted by molar-refractivity contribution is -0.136. The summed E-state index contributed by atoms with van der Waals surface area (Å²) in [7, 11) is 0. The third kappa shape index (κ3) is 3.54. The number of carboxylic acids is 1. The summed E-state index contributed by atoms with van der Waals surface area (Å²) in [5.74, 6) is -0.615. The Kier molecular flexibility index (Phi) is 4.51. The number of imidazole rings is 2. The van der Waals surface area contributed by atoms with Gasteiger partial charge >= 0.3 is 5.97 Å². The van der Waals surface area contributed by atoms with Crippen molar-refractivity contribution >= 4 is 28.6 Å². The topological polar surface area (TPSA) is 85.8 Å². The van der Waals surface area contributed by atoms with E-state index in [1.807, 2.05) is 12.1 Å². The summed E-state index contributed by atoms with van der Waals surface area (Å²) in [4.78, 5) is 24.1. The molecule has 0 radical (unpaired) electrons. The quantitative estimate of drug-likeness (QED) is 0.502. The van der Waals surface area contributed by atoms with Crippen LogP contribution in [0.15, 0.2) is 43.0 Å². The van der Waals surface area contributed by atoms with Gasteiger partial charge in [-0.1, -0.05) is 11.6 Å². The Morgan fingerprint density at radius 3 is 2.77 bits per heavy atom. The van der Waals surface area contributed by atoms with E-state index in [0.717, 1.165) is 35.4 Å². The maximum atomic E-state index is 14.0. The molecule has 1 aromatic carbocycles. The molecule has 3 aromatic heterocycles. The van der Waals surface area contributed by atoms with Gasteiger partial charge in [0.25, 0.3) is 0 Å². The molecule has 5 rings (SSSR count). The standard InChI is InChI=1S/C21H17ClFN5O2/c22-16-6-18-19(7-17(16)23)28(15-3-4-15)21(26-18)12-1-2-13(24-8-12)9-27-10-14(25-11-27)5-20(29)30/h1-2,6-8,10-11,15H,3-5,9H2,(H,29,30). The number of hydrogen-bond donors (Lipinski definition) is 1. The molecule has 3 heterocycles. The fraction of sp³-hybridized carbons (Fsp3) is 0.238. The van der Waals surface area contributed by atoms with Crippen LogP contribution < -0.4 is 0 Å². The van der Waals surface area contributed by atoms with E-state index in [2.05, 4.69) is 14.5 Å². The summed E-state index contributed by atoms with van der Waals surface area (Å²) >= 11 is 5.94. The van der Waals surface area contributed by atoms with E-state index in [0.29, 0.717) is 23.8 Å². The molecular formula is C21H17ClFN5O2. The Bertz CT molecular complexity index is 1260. The first-order chi connectivity index (χ1) is 14.5. The number of pyridine rings is 1. The van der Waals surface area contributed by atoms with Gasteiger partial charge in [-0.05, 0) is 31.0 Å². The fourth-order valence-electron chi connectivity index (χ4n) is 3.57. The number of benzene rings is 1. The van der Waals surface area contributed by atoms with Crippen LogP contribution in [0, 0.1) is 5.82 Å². The molecule has 0 aliphatic heterocycles. The summed E-state index contributed by atoms with van der Waals surface area (Å²) < 4.78 is 17.9. The van der Waals surface area contributed by atoms with Crippen LogP contribution in [-0.4, -0.2) is 35.2 Å². The highest BCUT2D eigenvalue weighted by atomic mass is 35.5. The molecule has 9 heteroatoms. The van der Waals surface area contributed by atoms with Crippen molar-refractivity contribution in [3.63, 3.8) is 0 Å². The van der Waals surface area contributed by atoms with E-state index >= 15 is 0 Å². The van der Waals surface area contributed by atoms with Crippen LogP contribution >= 0.6 is 11.6 Å². The van der Waals surface area contributed by atoms with Gasteiger partial charge in [-0.25, -0.2) is 14.4 Å². The van der Waals surface area contributed by atoms with Crippen molar-refractivity contribution in [3.05, 3.63) is 65.2 Å². The van der Waals surface area contributed by atoms with E-state index in [4.69, 9.17) is 21.7 Å². The number of nitrogens with zero attached hydrogens (tertiary/aromatic N) is 5. The van der Waals surface area contributed by atoms with Gasteiger partial charge in [0, 0.05) is 30.1 Å². The number of hydrogen-bond acceptors (Lipinski definition) is 4. The summed E-state index contributed by atoms with van der Waals surface area (Å²) in [5, 5.41) is 8.92. The minimum Gasteiger partial charge on any atom is -0.481 e. The monoisotopic (exact) mass is 425 g/mol. The second-order valence-electron chi connectivity index (χ2n) is 7.44. The van der Waals surface area contributed by atoms with Crippen molar-refractivity contribution in [1.29, 1.82) is 0 Å². The molecule has 1 aliphatic rings. The number of rotatable bonds is 6. The second kappa shape index (κ2) is 7.21. The zero-order chi connectivity index (χ0) is 20.8. The number of carbonyl (C=O) groups is 1. The highest BCUT2D eigenvalue weighted by molar-refractivity contribution is 6.31. The lowest BCUT2D eigenvalue weighted by Gasteiger charge is -2.08. The average molecular weight is 426 g/mol. The molecule has 1 fully saturated rings. The molecule has 4 aromatic rings. The summed E-state index contributed by atoms with van der Waals surface area (Å²) in [6.45, 7) is 0.479. The molecule has 1 saturated carbocycles. The molecule has 0 bridgehead atoms. The van der Waals surface area contributed by atoms with Crippen LogP contribution in [0.2, 0.25) is 5.02 Å². The summed E-state index contributed by atoms with van der Waals surface area (Å²) in [6.07, 6.45) is 7.01. The minimum absolute atomic E-state index is 0.0607. The molecule has 1 N–H and O–H groups in total. The van der Waals surface area contributed by atoms with Gasteiger partial charge in [0.05, 0.1) is 46.7 Å². The van der Waals surface area contributed by atoms with Gasteiger partial charge in [0.1, 0.15) is 11.6 Å². The predicted molar refractivity (Wildman–Crippen MR) is 109 cm³/mol. The average Bonchev–Trinajstić information content (AvgIpc) is 3.35. The number of aliphatic carboxylic acids is 1. The zero-order valence-corrected chi connectivity index (χ0v) is 16.6. The Hall–Kier alpha value is -3.26. The van der Waals surface area contributed by atoms with E-state index in [1.165, 1.54) is 6.07 Å². The molecule has 152 valence electrons. The minimum atomic E-state index is -0.914. The van der Waals surface area contributed by atoms with Crippen LogP contribution in [0.1, 0.15) is 30.3 Å². The normalized spacial score (nSPS) is 13.8. The maximum Gasteiger partial charge on any atom is 0.309 e. The van der Waals surface area contributed by atoms with Gasteiger partial charge in [-0.2, -0.15) is 0 Å². The number of aromatic nitrogens is 5. The molecule has 0 saturated heterocycles. The highest BCUT2D eigenvalue weighted by Gasteiger charge is 2.29. The lowest BCUT2D eigenvalue weighted by Crippen LogP contribution is -2.02. The molecular weight excluding hydrogens is 409 g/mol. The Balaban J connectivity index is 1.44. The lowest BCUT2D eigenvalue weighted by atomic mass is 10.2. The number of carboxylic acid groups (broad SMARTS) is 1. The van der Waals surface area contributed by atoms with E-state index < -0.39 is 11.8 Å². The van der Waals surface area contributed by atoms with Gasteiger partial charge in [0.2, 0.25) is 0 Å². The summed E-state index contributed by atoms with van der Waals surface area (Å²) in [6, 6.07) is 7.15. The third-order valence-corrected chi connectivity index (χ3v) is 5.38. The van der Waals surface area contributed by atoms with Gasteiger partial charge in [-0.15, -0.1) is 0 Å². The first-order valence-electron chi connectivity index (χ1n) is 9.52. The molecule has 0 amide bonds. The van der Waals surface area contributed by atoms with Gasteiger partial charge < -0.3 is 14.2 Å². The largest absolute Gasteiger partial charge is 0.481 e. The number of halogens is 2. The molecule has 0 atom stereocenters. The Morgan fingerprint density at radius 1 is 1.23 bits per heavy atom. The van der Waals surface area contributed by atoms with Crippen molar-refractivity contribution in [1.82, 2.24) is 24.1 Å². The van der Waals surface area contributed by atoms with Crippen molar-refractivity contribution in [3.8, 4) is 11.4 Å². The zero-order valence-electron chi connectivity index (χ0n) is 15.8. The molecule has 0 unspecified atom stereocenters. The summed E-state index contributed by atoms with van der Waals surface area (Å²) in [5.41, 5.74) is 3.56. The predicted octanol–water partition coefficient (Wildman–Crippen LogP) is 4.10. The van der Waals surface area contributed by atoms with Crippen molar-refractivity contribution in [2.75, 3.05) is 0 Å². The molecule has 1 aliphatic carbocycles. The highest BCUT2D eigenvalue weighted by Crippen LogP contribution is 2.41. The Morgan fingerprint density at radius 2 is 2.07 bits per heavy atom. The third-order valence-electron chi connectivity index (χ3n) is 5.09. The maximum absolute atomic E-state index is 14.0. The van der Waals surface area contributed by atoms with E-state index in [9.17, 15) is 9.18 Å². The van der Waals surface area contributed by atoms with Crippen LogP contribution in [0.5, 0.6) is 0 Å².